The molecule has 3 nitrogen and oxygen atoms in total. The minimum Gasteiger partial charge on any atom is -0.449 e. The highest BCUT2D eigenvalue weighted by Crippen LogP contribution is 2.70. The third-order valence-corrected chi connectivity index (χ3v) is 14.9. The molecule has 6 aliphatic rings. The lowest BCUT2D eigenvalue weighted by Gasteiger charge is -2.39. The molecule has 5 atom stereocenters. The summed E-state index contributed by atoms with van der Waals surface area (Å²) in [6.45, 7) is 0. The van der Waals surface area contributed by atoms with Gasteiger partial charge in [0, 0.05) is 59.9 Å². The van der Waals surface area contributed by atoms with E-state index < -0.39 is 0 Å². The highest BCUT2D eigenvalue weighted by atomic mass is 32.1. The molecule has 13 rings (SSSR count). The number of allylic oxidation sites excluding steroid dienone is 10. The van der Waals surface area contributed by atoms with Crippen molar-refractivity contribution < 1.29 is 9.47 Å². The largest absolute Gasteiger partial charge is 0.449 e. The number of ether oxygens (including phenoxy) is 2. The molecule has 59 heavy (non-hydrogen) atoms. The van der Waals surface area contributed by atoms with Gasteiger partial charge >= 0.3 is 0 Å². The van der Waals surface area contributed by atoms with Crippen LogP contribution >= 0.6 is 11.3 Å². The minimum absolute atomic E-state index is 0.159. The summed E-state index contributed by atoms with van der Waals surface area (Å²) in [6, 6.07) is 44.7. The lowest BCUT2D eigenvalue weighted by Crippen LogP contribution is -2.37. The summed E-state index contributed by atoms with van der Waals surface area (Å²) in [5.41, 5.74) is 11.1. The summed E-state index contributed by atoms with van der Waals surface area (Å²) in [5.74, 6) is 4.12. The van der Waals surface area contributed by atoms with Gasteiger partial charge in [-0.05, 0) is 83.5 Å². The molecule has 1 fully saturated rings. The first kappa shape index (κ1) is 33.4. The molecule has 5 aliphatic carbocycles. The van der Waals surface area contributed by atoms with Gasteiger partial charge in [0.15, 0.2) is 23.0 Å². The smallest absolute Gasteiger partial charge is 0.178 e. The molecule has 1 aliphatic heterocycles. The number of thiophene rings is 1. The third kappa shape index (κ3) is 4.69. The molecule has 4 heteroatoms. The van der Waals surface area contributed by atoms with Crippen LogP contribution in [0.25, 0.3) is 42.4 Å². The van der Waals surface area contributed by atoms with E-state index in [0.717, 1.165) is 52.7 Å². The van der Waals surface area contributed by atoms with Crippen molar-refractivity contribution >= 4 is 42.9 Å². The van der Waals surface area contributed by atoms with Crippen molar-refractivity contribution in [3.05, 3.63) is 205 Å². The standard InChI is InChI=1S/C55H39NO2S/c1-2-14-35(15-3-1)56(36-27-28-41-40-19-8-13-25-51(40)59-52(41)33-36)47-24-12-7-16-37(47)34-26-30-48-50(32-34)58-54-49(57-48)31-29-46-53(54)42-20-6-11-23-45(42)55(46)43-21-9-4-17-38(43)39-18-5-10-22-44(39)55/h1-14,16-21,23-33,35,38,43-44H,15,22H2. The van der Waals surface area contributed by atoms with Crippen LogP contribution in [-0.4, -0.2) is 6.04 Å². The Balaban J connectivity index is 0.933. The van der Waals surface area contributed by atoms with Gasteiger partial charge in [0.05, 0.1) is 6.04 Å². The van der Waals surface area contributed by atoms with Gasteiger partial charge in [0.1, 0.15) is 0 Å². The predicted molar refractivity (Wildman–Crippen MR) is 243 cm³/mol. The van der Waals surface area contributed by atoms with Crippen molar-refractivity contribution in [3.63, 3.8) is 0 Å². The van der Waals surface area contributed by atoms with Gasteiger partial charge in [0.2, 0.25) is 0 Å². The highest BCUT2D eigenvalue weighted by molar-refractivity contribution is 7.25. The van der Waals surface area contributed by atoms with E-state index in [9.17, 15) is 0 Å². The predicted octanol–water partition coefficient (Wildman–Crippen LogP) is 14.8. The van der Waals surface area contributed by atoms with Crippen molar-refractivity contribution in [2.45, 2.75) is 24.3 Å². The molecule has 5 unspecified atom stereocenters. The molecule has 1 spiro atoms. The molecule has 0 N–H and O–H groups in total. The number of nitrogens with zero attached hydrogens (tertiary/aromatic N) is 1. The maximum absolute atomic E-state index is 7.17. The highest BCUT2D eigenvalue weighted by Gasteiger charge is 2.62. The van der Waals surface area contributed by atoms with E-state index >= 15 is 0 Å². The molecule has 1 saturated carbocycles. The molecule has 0 bridgehead atoms. The normalized spacial score (nSPS) is 23.6. The molecule has 0 saturated heterocycles. The van der Waals surface area contributed by atoms with Crippen LogP contribution in [0.5, 0.6) is 23.0 Å². The molecule has 0 radical (unpaired) electrons. The second-order valence-corrected chi connectivity index (χ2v) is 17.7. The van der Waals surface area contributed by atoms with Gasteiger partial charge < -0.3 is 14.4 Å². The molecule has 282 valence electrons. The van der Waals surface area contributed by atoms with Crippen molar-refractivity contribution in [2.75, 3.05) is 4.90 Å². The monoisotopic (exact) mass is 777 g/mol. The second kappa shape index (κ2) is 12.7. The van der Waals surface area contributed by atoms with E-state index in [4.69, 9.17) is 9.47 Å². The number of rotatable bonds is 4. The van der Waals surface area contributed by atoms with E-state index in [1.165, 1.54) is 48.1 Å². The second-order valence-electron chi connectivity index (χ2n) is 16.6. The topological polar surface area (TPSA) is 21.7 Å². The molecule has 0 amide bonds. The maximum Gasteiger partial charge on any atom is 0.178 e. The van der Waals surface area contributed by atoms with Gasteiger partial charge in [-0.15, -0.1) is 11.3 Å². The maximum atomic E-state index is 7.17. The molecule has 2 heterocycles. The molecular weight excluding hydrogens is 739 g/mol. The number of benzene rings is 6. The fourth-order valence-electron chi connectivity index (χ4n) is 11.5. The lowest BCUT2D eigenvalue weighted by atomic mass is 9.63. The Bertz CT molecular complexity index is 3120. The Morgan fingerprint density at radius 3 is 2.36 bits per heavy atom. The first-order valence-corrected chi connectivity index (χ1v) is 21.7. The van der Waals surface area contributed by atoms with Crippen molar-refractivity contribution in [2.24, 2.45) is 17.8 Å². The molecule has 7 aromatic rings. The molecular formula is C55H39NO2S. The van der Waals surface area contributed by atoms with Crippen LogP contribution in [0.3, 0.4) is 0 Å². The van der Waals surface area contributed by atoms with E-state index in [-0.39, 0.29) is 11.5 Å². The van der Waals surface area contributed by atoms with Crippen LogP contribution in [0.15, 0.2) is 194 Å². The SMILES string of the molecule is C1=CCC(N(c2ccc3c(c2)sc2ccccc23)c2ccccc2-c2ccc3c(c2)Oc2c(ccc4c2-c2ccccc2C42C4CC=CC=C4C4C=CC=CC42)O3)C=C1. The number of anilines is 2. The summed E-state index contributed by atoms with van der Waals surface area (Å²) < 4.78 is 16.6. The quantitative estimate of drug-likeness (QED) is 0.178. The van der Waals surface area contributed by atoms with Gasteiger partial charge in [-0.3, -0.25) is 0 Å². The molecule has 6 aromatic carbocycles. The molecule has 1 aromatic heterocycles. The van der Waals surface area contributed by atoms with E-state index in [0.29, 0.717) is 17.8 Å². The zero-order valence-corrected chi connectivity index (χ0v) is 33.1. The first-order valence-electron chi connectivity index (χ1n) is 20.9. The first-order chi connectivity index (χ1) is 29.3. The summed E-state index contributed by atoms with van der Waals surface area (Å²) in [6.07, 6.45) is 27.3. The van der Waals surface area contributed by atoms with Crippen LogP contribution < -0.4 is 14.4 Å². The minimum atomic E-state index is -0.195. The summed E-state index contributed by atoms with van der Waals surface area (Å²) >= 11 is 1.87. The third-order valence-electron chi connectivity index (χ3n) is 13.8. The average molecular weight is 778 g/mol. The Morgan fingerprint density at radius 2 is 1.41 bits per heavy atom. The van der Waals surface area contributed by atoms with Crippen LogP contribution in [0.4, 0.5) is 11.4 Å². The fraction of sp³-hybridized carbons (Fsp3) is 0.127. The van der Waals surface area contributed by atoms with Crippen LogP contribution in [0, 0.1) is 17.8 Å². The van der Waals surface area contributed by atoms with Crippen molar-refractivity contribution in [1.82, 2.24) is 0 Å². The van der Waals surface area contributed by atoms with E-state index in [2.05, 4.69) is 193 Å². The summed E-state index contributed by atoms with van der Waals surface area (Å²) in [4.78, 5) is 2.52. The van der Waals surface area contributed by atoms with Crippen molar-refractivity contribution in [1.29, 1.82) is 0 Å². The van der Waals surface area contributed by atoms with E-state index in [1.807, 2.05) is 11.3 Å². The summed E-state index contributed by atoms with van der Waals surface area (Å²) in [7, 11) is 0. The van der Waals surface area contributed by atoms with Crippen LogP contribution in [0.1, 0.15) is 24.0 Å². The number of hydrogen-bond acceptors (Lipinski definition) is 4. The number of para-hydroxylation sites is 1. The average Bonchev–Trinajstić information content (AvgIpc) is 3.93. The Hall–Kier alpha value is -6.62. The van der Waals surface area contributed by atoms with Crippen LogP contribution in [-0.2, 0) is 5.41 Å². The Kier molecular flexibility index (Phi) is 7.17. The summed E-state index contributed by atoms with van der Waals surface area (Å²) in [5, 5.41) is 2.62. The van der Waals surface area contributed by atoms with Gasteiger partial charge in [-0.2, -0.15) is 0 Å². The zero-order chi connectivity index (χ0) is 38.7. The number of hydrogen-bond donors (Lipinski definition) is 0. The zero-order valence-electron chi connectivity index (χ0n) is 32.3. The van der Waals surface area contributed by atoms with Gasteiger partial charge in [-0.1, -0.05) is 151 Å². The van der Waals surface area contributed by atoms with Crippen LogP contribution in [0.2, 0.25) is 0 Å². The Morgan fingerprint density at radius 1 is 0.593 bits per heavy atom. The van der Waals surface area contributed by atoms with Gasteiger partial charge in [0.25, 0.3) is 0 Å². The lowest BCUT2D eigenvalue weighted by molar-refractivity contribution is 0.338. The van der Waals surface area contributed by atoms with Crippen molar-refractivity contribution in [3.8, 4) is 45.3 Å². The number of fused-ring (bicyclic) bond motifs is 16. The fourth-order valence-corrected chi connectivity index (χ4v) is 12.6. The van der Waals surface area contributed by atoms with E-state index in [1.54, 1.807) is 5.57 Å². The Labute approximate surface area is 347 Å². The van der Waals surface area contributed by atoms with Gasteiger partial charge in [-0.25, -0.2) is 0 Å².